The molecule has 0 fully saturated rings. The zero-order valence-corrected chi connectivity index (χ0v) is 14.4. The Bertz CT molecular complexity index is 864. The van der Waals surface area contributed by atoms with Gasteiger partial charge in [-0.1, -0.05) is 19.9 Å². The van der Waals surface area contributed by atoms with Crippen LogP contribution in [0.25, 0.3) is 10.9 Å². The van der Waals surface area contributed by atoms with Gasteiger partial charge in [0, 0.05) is 25.7 Å². The maximum absolute atomic E-state index is 12.5. The summed E-state index contributed by atoms with van der Waals surface area (Å²) in [6.45, 7) is 8.77. The standard InChI is InChI=1S/C17H21N3O2S/c1-5-8-20-16(22)13-7-6-12(9-14(13)18-17(20)23)15(21)19(4)10-11(2)3/h5-7,9,11H,1,8,10H2,2-4H3,(H,18,23). The number of nitrogens with one attached hydrogen (secondary N) is 1. The van der Waals surface area contributed by atoms with Gasteiger partial charge < -0.3 is 9.88 Å². The van der Waals surface area contributed by atoms with E-state index in [1.54, 1.807) is 36.2 Å². The number of hydrogen-bond acceptors (Lipinski definition) is 3. The minimum atomic E-state index is -0.182. The summed E-state index contributed by atoms with van der Waals surface area (Å²) in [7, 11) is 1.77. The Hall–Kier alpha value is -2.21. The first kappa shape index (κ1) is 17.1. The zero-order chi connectivity index (χ0) is 17.1. The van der Waals surface area contributed by atoms with Gasteiger partial charge in [0.2, 0.25) is 0 Å². The van der Waals surface area contributed by atoms with Crippen molar-refractivity contribution in [3.63, 3.8) is 0 Å². The normalized spacial score (nSPS) is 11.0. The average Bonchev–Trinajstić information content (AvgIpc) is 2.49. The Morgan fingerprint density at radius 1 is 1.48 bits per heavy atom. The summed E-state index contributed by atoms with van der Waals surface area (Å²) in [5.74, 6) is 0.316. The highest BCUT2D eigenvalue weighted by Gasteiger charge is 2.14. The lowest BCUT2D eigenvalue weighted by atomic mass is 10.1. The lowest BCUT2D eigenvalue weighted by molar-refractivity contribution is 0.0779. The third kappa shape index (κ3) is 3.59. The van der Waals surface area contributed by atoms with E-state index >= 15 is 0 Å². The van der Waals surface area contributed by atoms with E-state index in [0.29, 0.717) is 40.2 Å². The molecule has 1 aromatic heterocycles. The predicted molar refractivity (Wildman–Crippen MR) is 95.4 cm³/mol. The van der Waals surface area contributed by atoms with E-state index in [1.165, 1.54) is 4.57 Å². The molecule has 0 aliphatic heterocycles. The molecule has 1 aromatic carbocycles. The number of H-pyrrole nitrogens is 1. The first-order chi connectivity index (χ1) is 10.8. The molecule has 2 aromatic rings. The fourth-order valence-corrected chi connectivity index (χ4v) is 2.80. The number of amides is 1. The number of benzene rings is 1. The van der Waals surface area contributed by atoms with Crippen LogP contribution in [0.1, 0.15) is 24.2 Å². The van der Waals surface area contributed by atoms with Gasteiger partial charge in [0.05, 0.1) is 10.9 Å². The van der Waals surface area contributed by atoms with E-state index in [4.69, 9.17) is 12.2 Å². The van der Waals surface area contributed by atoms with Crippen LogP contribution >= 0.6 is 12.2 Å². The quantitative estimate of drug-likeness (QED) is 0.677. The summed E-state index contributed by atoms with van der Waals surface area (Å²) in [5, 5.41) is 0.503. The summed E-state index contributed by atoms with van der Waals surface area (Å²) >= 11 is 5.21. The summed E-state index contributed by atoms with van der Waals surface area (Å²) in [5.41, 5.74) is 0.925. The second-order valence-corrected chi connectivity index (χ2v) is 6.36. The second kappa shape index (κ2) is 6.91. The molecule has 0 saturated carbocycles. The number of carbonyl (C=O) groups is 1. The topological polar surface area (TPSA) is 58.1 Å². The van der Waals surface area contributed by atoms with Crippen molar-refractivity contribution in [2.24, 2.45) is 5.92 Å². The first-order valence-corrected chi connectivity index (χ1v) is 7.89. The molecule has 0 radical (unpaired) electrons. The fraction of sp³-hybridized carbons (Fsp3) is 0.353. The molecule has 1 N–H and O–H groups in total. The predicted octanol–water partition coefficient (Wildman–Crippen LogP) is 2.97. The van der Waals surface area contributed by atoms with Crippen molar-refractivity contribution in [1.82, 2.24) is 14.5 Å². The van der Waals surface area contributed by atoms with Crippen molar-refractivity contribution < 1.29 is 4.79 Å². The molecular weight excluding hydrogens is 310 g/mol. The third-order valence-corrected chi connectivity index (χ3v) is 3.85. The molecule has 5 nitrogen and oxygen atoms in total. The van der Waals surface area contributed by atoms with Crippen LogP contribution in [0.3, 0.4) is 0 Å². The van der Waals surface area contributed by atoms with E-state index in [9.17, 15) is 9.59 Å². The average molecular weight is 331 g/mol. The molecule has 0 saturated heterocycles. The van der Waals surface area contributed by atoms with Gasteiger partial charge in [-0.05, 0) is 36.3 Å². The van der Waals surface area contributed by atoms with Gasteiger partial charge in [0.1, 0.15) is 0 Å². The molecule has 2 rings (SSSR count). The van der Waals surface area contributed by atoms with Crippen LogP contribution in [0.2, 0.25) is 0 Å². The number of nitrogens with zero attached hydrogens (tertiary/aromatic N) is 2. The Balaban J connectivity index is 2.50. The largest absolute Gasteiger partial charge is 0.341 e. The van der Waals surface area contributed by atoms with Crippen LogP contribution in [0.15, 0.2) is 35.6 Å². The van der Waals surface area contributed by atoms with Crippen molar-refractivity contribution in [3.8, 4) is 0 Å². The van der Waals surface area contributed by atoms with Crippen molar-refractivity contribution in [3.05, 3.63) is 51.5 Å². The highest BCUT2D eigenvalue weighted by molar-refractivity contribution is 7.71. The van der Waals surface area contributed by atoms with Gasteiger partial charge in [-0.25, -0.2) is 0 Å². The van der Waals surface area contributed by atoms with Crippen molar-refractivity contribution in [2.45, 2.75) is 20.4 Å². The van der Waals surface area contributed by atoms with Crippen molar-refractivity contribution in [1.29, 1.82) is 0 Å². The monoisotopic (exact) mass is 331 g/mol. The van der Waals surface area contributed by atoms with Crippen LogP contribution in [0.5, 0.6) is 0 Å². The van der Waals surface area contributed by atoms with E-state index in [-0.39, 0.29) is 11.5 Å². The van der Waals surface area contributed by atoms with Crippen LogP contribution in [-0.4, -0.2) is 34.0 Å². The highest BCUT2D eigenvalue weighted by atomic mass is 32.1. The van der Waals surface area contributed by atoms with Gasteiger partial charge in [-0.2, -0.15) is 0 Å². The maximum atomic E-state index is 12.5. The number of hydrogen-bond donors (Lipinski definition) is 1. The molecule has 0 aliphatic carbocycles. The number of aromatic nitrogens is 2. The zero-order valence-electron chi connectivity index (χ0n) is 13.6. The first-order valence-electron chi connectivity index (χ1n) is 7.48. The summed E-state index contributed by atoms with van der Waals surface area (Å²) in [4.78, 5) is 29.6. The van der Waals surface area contributed by atoms with E-state index in [0.717, 1.165) is 0 Å². The number of aromatic amines is 1. The minimum absolute atomic E-state index is 0.0739. The summed E-state index contributed by atoms with van der Waals surface area (Å²) in [6.07, 6.45) is 1.62. The second-order valence-electron chi connectivity index (χ2n) is 5.97. The molecule has 6 heteroatoms. The third-order valence-electron chi connectivity index (χ3n) is 3.53. The van der Waals surface area contributed by atoms with Gasteiger partial charge in [-0.3, -0.25) is 14.2 Å². The van der Waals surface area contributed by atoms with Crippen molar-refractivity contribution in [2.75, 3.05) is 13.6 Å². The molecule has 1 heterocycles. The minimum Gasteiger partial charge on any atom is -0.341 e. The molecule has 23 heavy (non-hydrogen) atoms. The van der Waals surface area contributed by atoms with Crippen LogP contribution in [-0.2, 0) is 6.54 Å². The van der Waals surface area contributed by atoms with E-state index in [1.807, 2.05) is 0 Å². The Kier molecular flexibility index (Phi) is 5.15. The van der Waals surface area contributed by atoms with Gasteiger partial charge >= 0.3 is 0 Å². The molecule has 0 atom stereocenters. The molecule has 0 unspecified atom stereocenters. The van der Waals surface area contributed by atoms with Gasteiger partial charge in [0.25, 0.3) is 11.5 Å². The van der Waals surface area contributed by atoms with Crippen LogP contribution < -0.4 is 5.56 Å². The number of rotatable bonds is 5. The Morgan fingerprint density at radius 3 is 2.78 bits per heavy atom. The summed E-state index contributed by atoms with van der Waals surface area (Å²) < 4.78 is 1.76. The highest BCUT2D eigenvalue weighted by Crippen LogP contribution is 2.13. The smallest absolute Gasteiger partial charge is 0.262 e. The number of fused-ring (bicyclic) bond motifs is 1. The summed E-state index contributed by atoms with van der Waals surface area (Å²) in [6, 6.07) is 5.03. The SMILES string of the molecule is C=CCn1c(=S)[nH]c2cc(C(=O)N(C)CC(C)C)ccc2c1=O. The molecular formula is C17H21N3O2S. The molecule has 0 bridgehead atoms. The van der Waals surface area contributed by atoms with Crippen LogP contribution in [0, 0.1) is 10.7 Å². The van der Waals surface area contributed by atoms with E-state index < -0.39 is 0 Å². The lowest BCUT2D eigenvalue weighted by Crippen LogP contribution is -2.30. The number of allylic oxidation sites excluding steroid dienone is 1. The van der Waals surface area contributed by atoms with Gasteiger partial charge in [0.15, 0.2) is 4.77 Å². The Labute approximate surface area is 140 Å². The molecule has 0 spiro atoms. The molecule has 1 amide bonds. The fourth-order valence-electron chi connectivity index (χ4n) is 2.53. The van der Waals surface area contributed by atoms with Crippen LogP contribution in [0.4, 0.5) is 0 Å². The number of carbonyl (C=O) groups excluding carboxylic acids is 1. The lowest BCUT2D eigenvalue weighted by Gasteiger charge is -2.19. The molecule has 122 valence electrons. The van der Waals surface area contributed by atoms with Crippen molar-refractivity contribution >= 4 is 29.0 Å². The van der Waals surface area contributed by atoms with Gasteiger partial charge in [-0.15, -0.1) is 6.58 Å². The Morgan fingerprint density at radius 2 is 2.17 bits per heavy atom. The van der Waals surface area contributed by atoms with E-state index in [2.05, 4.69) is 25.4 Å². The maximum Gasteiger partial charge on any atom is 0.262 e. The molecule has 0 aliphatic rings.